The van der Waals surface area contributed by atoms with Gasteiger partial charge in [-0.1, -0.05) is 29.4 Å². The Labute approximate surface area is 162 Å². The van der Waals surface area contributed by atoms with E-state index in [1.165, 1.54) is 18.2 Å². The van der Waals surface area contributed by atoms with Crippen molar-refractivity contribution in [3.63, 3.8) is 0 Å². The molecule has 0 aliphatic heterocycles. The maximum absolute atomic E-state index is 13.9. The Kier molecular flexibility index (Phi) is 7.12. The summed E-state index contributed by atoms with van der Waals surface area (Å²) in [4.78, 5) is 15.3. The summed E-state index contributed by atoms with van der Waals surface area (Å²) < 4.78 is 40.1. The van der Waals surface area contributed by atoms with Crippen molar-refractivity contribution in [2.24, 2.45) is 15.9 Å². The van der Waals surface area contributed by atoms with Crippen molar-refractivity contribution in [3.05, 3.63) is 34.7 Å². The van der Waals surface area contributed by atoms with E-state index in [0.717, 1.165) is 11.8 Å². The molecule has 1 heterocycles. The first-order valence-corrected chi connectivity index (χ1v) is 10.3. The molecule has 146 valence electrons. The van der Waals surface area contributed by atoms with Gasteiger partial charge in [0.05, 0.1) is 5.02 Å². The predicted octanol–water partition coefficient (Wildman–Crippen LogP) is 0.396. The number of aromatic nitrogens is 2. The molecule has 2 rings (SSSR count). The van der Waals surface area contributed by atoms with Crippen LogP contribution in [0.1, 0.15) is 5.69 Å². The van der Waals surface area contributed by atoms with Crippen LogP contribution in [0.2, 0.25) is 5.02 Å². The van der Waals surface area contributed by atoms with Gasteiger partial charge in [0, 0.05) is 12.3 Å². The van der Waals surface area contributed by atoms with E-state index < -0.39 is 27.5 Å². The standard InChI is InChI=1S/C13H14ClFN6O4S2/c14-7-2-1-3-8(10(7)15)19-12(16)11-13(21-25-20-11)26-5-4-18-9(22)6-27(17,23)24/h1-3H,4-6H2,(H2,16,19)(H,18,22)(H2,17,23,24). The van der Waals surface area contributed by atoms with E-state index in [9.17, 15) is 17.6 Å². The lowest BCUT2D eigenvalue weighted by Gasteiger charge is -2.04. The Hall–Kier alpha value is -2.22. The van der Waals surface area contributed by atoms with Crippen molar-refractivity contribution in [1.29, 1.82) is 0 Å². The number of thioether (sulfide) groups is 1. The number of rotatable bonds is 8. The third-order valence-electron chi connectivity index (χ3n) is 2.87. The molecule has 1 aromatic carbocycles. The van der Waals surface area contributed by atoms with E-state index in [1.807, 2.05) is 0 Å². The summed E-state index contributed by atoms with van der Waals surface area (Å²) in [6, 6.07) is 4.27. The van der Waals surface area contributed by atoms with Gasteiger partial charge in [0.1, 0.15) is 11.4 Å². The molecule has 0 fully saturated rings. The van der Waals surface area contributed by atoms with Crippen LogP contribution in [-0.2, 0) is 14.8 Å². The molecular formula is C13H14ClFN6O4S2. The lowest BCUT2D eigenvalue weighted by molar-refractivity contribution is -0.118. The van der Waals surface area contributed by atoms with Gasteiger partial charge >= 0.3 is 0 Å². The number of nitrogens with one attached hydrogen (secondary N) is 1. The number of nitrogens with two attached hydrogens (primary N) is 2. The SMILES string of the molecule is NC(=Nc1cccc(Cl)c1F)c1nonc1SCCNC(=O)CS(N)(=O)=O. The van der Waals surface area contributed by atoms with Crippen molar-refractivity contribution in [2.45, 2.75) is 5.03 Å². The topological polar surface area (TPSA) is 167 Å². The normalized spacial score (nSPS) is 12.2. The fourth-order valence-electron chi connectivity index (χ4n) is 1.77. The number of aliphatic imine (C=N–C) groups is 1. The van der Waals surface area contributed by atoms with Crippen molar-refractivity contribution in [1.82, 2.24) is 15.6 Å². The molecule has 0 aliphatic rings. The highest BCUT2D eigenvalue weighted by Crippen LogP contribution is 2.26. The van der Waals surface area contributed by atoms with Crippen LogP contribution < -0.4 is 16.2 Å². The maximum Gasteiger partial charge on any atom is 0.236 e. The number of nitrogens with zero attached hydrogens (tertiary/aromatic N) is 3. The van der Waals surface area contributed by atoms with E-state index in [-0.39, 0.29) is 33.8 Å². The van der Waals surface area contributed by atoms with Gasteiger partial charge in [-0.2, -0.15) is 0 Å². The minimum absolute atomic E-state index is 0.0748. The van der Waals surface area contributed by atoms with Crippen LogP contribution in [-0.4, -0.2) is 48.5 Å². The van der Waals surface area contributed by atoms with Crippen LogP contribution in [0.5, 0.6) is 0 Å². The second-order valence-electron chi connectivity index (χ2n) is 4.99. The molecule has 14 heteroatoms. The van der Waals surface area contributed by atoms with Crippen LogP contribution >= 0.6 is 23.4 Å². The molecule has 1 aromatic heterocycles. The summed E-state index contributed by atoms with van der Waals surface area (Å²) >= 11 is 6.80. The number of hydrogen-bond donors (Lipinski definition) is 3. The molecule has 0 atom stereocenters. The monoisotopic (exact) mass is 436 g/mol. The second kappa shape index (κ2) is 9.12. The van der Waals surface area contributed by atoms with Crippen LogP contribution in [0.25, 0.3) is 0 Å². The molecular weight excluding hydrogens is 423 g/mol. The quantitative estimate of drug-likeness (QED) is 0.231. The van der Waals surface area contributed by atoms with Gasteiger partial charge in [-0.25, -0.2) is 27.6 Å². The van der Waals surface area contributed by atoms with Gasteiger partial charge in [0.2, 0.25) is 15.9 Å². The Morgan fingerprint density at radius 3 is 2.85 bits per heavy atom. The summed E-state index contributed by atoms with van der Waals surface area (Å²) in [7, 11) is -3.89. The number of halogens is 2. The number of carbonyl (C=O) groups excluding carboxylic acids is 1. The Morgan fingerprint density at radius 2 is 2.15 bits per heavy atom. The van der Waals surface area contributed by atoms with Crippen LogP contribution in [0, 0.1) is 5.82 Å². The second-order valence-corrected chi connectivity index (χ2v) is 8.10. The lowest BCUT2D eigenvalue weighted by atomic mass is 10.3. The summed E-state index contributed by atoms with van der Waals surface area (Å²) in [6.45, 7) is 0.130. The largest absolute Gasteiger partial charge is 0.382 e. The summed E-state index contributed by atoms with van der Waals surface area (Å²) in [5.74, 6) is -2.10. The Bertz CT molecular complexity index is 965. The van der Waals surface area contributed by atoms with Gasteiger partial charge < -0.3 is 11.1 Å². The molecule has 0 saturated heterocycles. The first kappa shape index (κ1) is 21.1. The third kappa shape index (κ3) is 6.46. The minimum atomic E-state index is -3.89. The van der Waals surface area contributed by atoms with Crippen molar-refractivity contribution in [3.8, 4) is 0 Å². The molecule has 1 amide bonds. The average Bonchev–Trinajstić information content (AvgIpc) is 3.03. The fourth-order valence-corrected chi connectivity index (χ4v) is 3.16. The van der Waals surface area contributed by atoms with Crippen LogP contribution in [0.3, 0.4) is 0 Å². The number of carbonyl (C=O) groups is 1. The van der Waals surface area contributed by atoms with E-state index >= 15 is 0 Å². The molecule has 10 nitrogen and oxygen atoms in total. The lowest BCUT2D eigenvalue weighted by Crippen LogP contribution is -2.34. The highest BCUT2D eigenvalue weighted by molar-refractivity contribution is 7.99. The van der Waals surface area contributed by atoms with Gasteiger partial charge in [0.15, 0.2) is 22.4 Å². The molecule has 0 saturated carbocycles. The molecule has 0 radical (unpaired) electrons. The highest BCUT2D eigenvalue weighted by atomic mass is 35.5. The van der Waals surface area contributed by atoms with E-state index in [0.29, 0.717) is 5.75 Å². The van der Waals surface area contributed by atoms with E-state index in [4.69, 9.17) is 22.5 Å². The van der Waals surface area contributed by atoms with E-state index in [1.54, 1.807) is 0 Å². The molecule has 0 bridgehead atoms. The molecule has 0 unspecified atom stereocenters. The number of primary sulfonamides is 1. The molecule has 27 heavy (non-hydrogen) atoms. The maximum atomic E-state index is 13.9. The summed E-state index contributed by atoms with van der Waals surface area (Å²) in [5, 5.41) is 14.6. The fraction of sp³-hybridized carbons (Fsp3) is 0.231. The van der Waals surface area contributed by atoms with Gasteiger partial charge in [0.25, 0.3) is 0 Å². The van der Waals surface area contributed by atoms with Crippen molar-refractivity contribution < 1.29 is 22.2 Å². The van der Waals surface area contributed by atoms with Gasteiger partial charge in [-0.3, -0.25) is 4.79 Å². The molecule has 5 N–H and O–H groups in total. The first-order chi connectivity index (χ1) is 12.7. The van der Waals surface area contributed by atoms with Gasteiger partial charge in [-0.05, 0) is 22.4 Å². The predicted molar refractivity (Wildman–Crippen MR) is 97.8 cm³/mol. The van der Waals surface area contributed by atoms with Gasteiger partial charge in [-0.15, -0.1) is 0 Å². The van der Waals surface area contributed by atoms with Crippen molar-refractivity contribution >= 4 is 50.8 Å². The Balaban J connectivity index is 1.98. The third-order valence-corrected chi connectivity index (χ3v) is 4.77. The minimum Gasteiger partial charge on any atom is -0.382 e. The van der Waals surface area contributed by atoms with Crippen LogP contribution in [0.15, 0.2) is 32.8 Å². The van der Waals surface area contributed by atoms with E-state index in [2.05, 4.69) is 25.3 Å². The smallest absolute Gasteiger partial charge is 0.236 e. The summed E-state index contributed by atoms with van der Waals surface area (Å²) in [5.41, 5.74) is 5.85. The molecule has 0 aliphatic carbocycles. The zero-order valence-electron chi connectivity index (χ0n) is 13.6. The average molecular weight is 437 g/mol. The highest BCUT2D eigenvalue weighted by Gasteiger charge is 2.16. The van der Waals surface area contributed by atoms with Crippen LogP contribution in [0.4, 0.5) is 10.1 Å². The zero-order valence-corrected chi connectivity index (χ0v) is 15.9. The zero-order chi connectivity index (χ0) is 20.0. The van der Waals surface area contributed by atoms with Crippen molar-refractivity contribution in [2.75, 3.05) is 18.1 Å². The number of amidine groups is 1. The molecule has 0 spiro atoms. The Morgan fingerprint density at radius 1 is 1.41 bits per heavy atom. The number of sulfonamides is 1. The summed E-state index contributed by atoms with van der Waals surface area (Å²) in [6.07, 6.45) is 0. The number of hydrogen-bond acceptors (Lipinski definition) is 8. The molecule has 2 aromatic rings. The number of amides is 1. The first-order valence-electron chi connectivity index (χ1n) is 7.18. The number of benzene rings is 1.